The van der Waals surface area contributed by atoms with Gasteiger partial charge in [0.05, 0.1) is 18.4 Å². The van der Waals surface area contributed by atoms with E-state index in [1.807, 2.05) is 6.07 Å². The number of hydrogen-bond acceptors (Lipinski definition) is 5. The van der Waals surface area contributed by atoms with Crippen LogP contribution in [0.1, 0.15) is 34.6 Å². The monoisotopic (exact) mass is 341 g/mol. The number of nitrogens with two attached hydrogens (primary N) is 1. The lowest BCUT2D eigenvalue weighted by molar-refractivity contribution is 0.0594. The van der Waals surface area contributed by atoms with Gasteiger partial charge in [-0.1, -0.05) is 26.0 Å². The maximum atomic E-state index is 13.0. The number of amides is 2. The molecule has 6 nitrogen and oxygen atoms in total. The average molecular weight is 341 g/mol. The molecule has 6 heteroatoms. The summed E-state index contributed by atoms with van der Waals surface area (Å²) in [5.74, 6) is -0.106. The minimum Gasteiger partial charge on any atom is -0.495 e. The van der Waals surface area contributed by atoms with E-state index in [9.17, 15) is 9.59 Å². The van der Waals surface area contributed by atoms with Gasteiger partial charge in [-0.15, -0.1) is 0 Å². The van der Waals surface area contributed by atoms with Gasteiger partial charge in [-0.05, 0) is 25.2 Å². The van der Waals surface area contributed by atoms with Gasteiger partial charge in [-0.25, -0.2) is 0 Å². The number of likely N-dealkylation sites (N-methyl/N-ethyl adjacent to an activating group) is 1. The fourth-order valence-corrected chi connectivity index (χ4v) is 3.36. The minimum atomic E-state index is -0.292. The van der Waals surface area contributed by atoms with E-state index in [0.717, 1.165) is 13.1 Å². The van der Waals surface area contributed by atoms with E-state index in [-0.39, 0.29) is 11.8 Å². The summed E-state index contributed by atoms with van der Waals surface area (Å²) in [5.41, 5.74) is 7.57. The number of imide groups is 1. The third-order valence-electron chi connectivity index (χ3n) is 4.87. The van der Waals surface area contributed by atoms with Crippen LogP contribution in [0, 0.1) is 0 Å². The first kappa shape index (κ1) is 17.2. The Morgan fingerprint density at radius 1 is 1.12 bits per heavy atom. The van der Waals surface area contributed by atoms with Crippen LogP contribution >= 0.6 is 0 Å². The highest BCUT2D eigenvalue weighted by atomic mass is 16.5. The van der Waals surface area contributed by atoms with E-state index < -0.39 is 0 Å². The Labute approximate surface area is 147 Å². The lowest BCUT2D eigenvalue weighted by atomic mass is 9.92. The molecule has 0 radical (unpaired) electrons. The zero-order valence-electron chi connectivity index (χ0n) is 14.8. The molecule has 2 N–H and O–H groups in total. The van der Waals surface area contributed by atoms with E-state index in [1.165, 1.54) is 12.0 Å². The maximum Gasteiger partial charge on any atom is 0.261 e. The quantitative estimate of drug-likeness (QED) is 0.645. The van der Waals surface area contributed by atoms with Gasteiger partial charge in [0.25, 0.3) is 11.8 Å². The van der Waals surface area contributed by atoms with Crippen LogP contribution in [-0.2, 0) is 0 Å². The van der Waals surface area contributed by atoms with Crippen molar-refractivity contribution < 1.29 is 14.3 Å². The van der Waals surface area contributed by atoms with E-state index in [4.69, 9.17) is 10.5 Å². The zero-order chi connectivity index (χ0) is 18.1. The molecule has 2 aromatic carbocycles. The predicted molar refractivity (Wildman–Crippen MR) is 98.1 cm³/mol. The molecule has 2 aromatic rings. The topological polar surface area (TPSA) is 75.9 Å². The molecule has 0 unspecified atom stereocenters. The predicted octanol–water partition coefficient (Wildman–Crippen LogP) is 2.37. The van der Waals surface area contributed by atoms with Crippen molar-refractivity contribution in [1.82, 2.24) is 9.80 Å². The van der Waals surface area contributed by atoms with Crippen molar-refractivity contribution in [3.05, 3.63) is 35.4 Å². The SMILES string of the molecule is CCN(CC)CCN1C(=O)c2cccc3c(N)c(OC)cc(c23)C1=O. The molecule has 0 saturated heterocycles. The van der Waals surface area contributed by atoms with Gasteiger partial charge in [0.15, 0.2) is 0 Å². The van der Waals surface area contributed by atoms with Gasteiger partial charge in [-0.3, -0.25) is 14.5 Å². The normalized spacial score (nSPS) is 13.8. The number of nitrogens with zero attached hydrogens (tertiary/aromatic N) is 2. The first-order valence-electron chi connectivity index (χ1n) is 8.51. The molecule has 1 aliphatic rings. The molecule has 1 aliphatic heterocycles. The van der Waals surface area contributed by atoms with Gasteiger partial charge >= 0.3 is 0 Å². The summed E-state index contributed by atoms with van der Waals surface area (Å²) in [4.78, 5) is 29.4. The van der Waals surface area contributed by atoms with E-state index in [2.05, 4.69) is 18.7 Å². The van der Waals surface area contributed by atoms with Crippen LogP contribution in [0.15, 0.2) is 24.3 Å². The number of carbonyl (C=O) groups is 2. The van der Waals surface area contributed by atoms with Crippen LogP contribution in [0.2, 0.25) is 0 Å². The minimum absolute atomic E-state index is 0.264. The first-order valence-corrected chi connectivity index (χ1v) is 8.51. The number of benzene rings is 2. The number of nitrogen functional groups attached to an aromatic ring is 1. The number of methoxy groups -OCH3 is 1. The third-order valence-corrected chi connectivity index (χ3v) is 4.87. The highest BCUT2D eigenvalue weighted by Crippen LogP contribution is 2.38. The van der Waals surface area contributed by atoms with Crippen molar-refractivity contribution in [3.63, 3.8) is 0 Å². The number of carbonyl (C=O) groups excluding carboxylic acids is 2. The molecule has 0 aliphatic carbocycles. The Bertz CT molecular complexity index is 843. The van der Waals surface area contributed by atoms with Crippen molar-refractivity contribution in [3.8, 4) is 5.75 Å². The molecule has 0 spiro atoms. The molecule has 0 bridgehead atoms. The smallest absolute Gasteiger partial charge is 0.261 e. The molecular formula is C19H23N3O3. The molecule has 132 valence electrons. The zero-order valence-corrected chi connectivity index (χ0v) is 14.8. The molecule has 2 amide bonds. The fraction of sp³-hybridized carbons (Fsp3) is 0.368. The molecule has 25 heavy (non-hydrogen) atoms. The Balaban J connectivity index is 2.08. The Morgan fingerprint density at radius 2 is 1.80 bits per heavy atom. The standard InChI is InChI=1S/C19H23N3O3/c1-4-21(5-2)9-10-22-18(23)13-8-6-7-12-16(13)14(19(22)24)11-15(25-3)17(12)20/h6-8,11H,4-5,9-10,20H2,1-3H3. The Hall–Kier alpha value is -2.60. The molecule has 0 aromatic heterocycles. The van der Waals surface area contributed by atoms with Gasteiger partial charge in [0.1, 0.15) is 5.75 Å². The Morgan fingerprint density at radius 3 is 2.44 bits per heavy atom. The molecular weight excluding hydrogens is 318 g/mol. The largest absolute Gasteiger partial charge is 0.495 e. The van der Waals surface area contributed by atoms with Crippen molar-refractivity contribution >= 4 is 28.3 Å². The Kier molecular flexibility index (Phi) is 4.63. The summed E-state index contributed by atoms with van der Waals surface area (Å²) >= 11 is 0. The summed E-state index contributed by atoms with van der Waals surface area (Å²) in [7, 11) is 1.52. The summed E-state index contributed by atoms with van der Waals surface area (Å²) in [6.45, 7) is 6.90. The molecule has 0 atom stereocenters. The first-order chi connectivity index (χ1) is 12.0. The fourth-order valence-electron chi connectivity index (χ4n) is 3.36. The van der Waals surface area contributed by atoms with Crippen LogP contribution < -0.4 is 10.5 Å². The van der Waals surface area contributed by atoms with E-state index in [0.29, 0.717) is 46.4 Å². The number of hydrogen-bond donors (Lipinski definition) is 1. The second-order valence-electron chi connectivity index (χ2n) is 6.06. The average Bonchev–Trinajstić information content (AvgIpc) is 2.63. The van der Waals surface area contributed by atoms with Gasteiger partial charge in [0, 0.05) is 29.4 Å². The summed E-state index contributed by atoms with van der Waals surface area (Å²) < 4.78 is 5.31. The number of rotatable bonds is 6. The highest BCUT2D eigenvalue weighted by molar-refractivity contribution is 6.27. The lowest BCUT2D eigenvalue weighted by Gasteiger charge is -2.30. The van der Waals surface area contributed by atoms with Crippen molar-refractivity contribution in [2.24, 2.45) is 0 Å². The van der Waals surface area contributed by atoms with Gasteiger partial charge in [-0.2, -0.15) is 0 Å². The van der Waals surface area contributed by atoms with Gasteiger partial charge < -0.3 is 15.4 Å². The van der Waals surface area contributed by atoms with Crippen LogP contribution in [0.25, 0.3) is 10.8 Å². The van der Waals surface area contributed by atoms with Crippen molar-refractivity contribution in [1.29, 1.82) is 0 Å². The number of anilines is 1. The van der Waals surface area contributed by atoms with Gasteiger partial charge in [0.2, 0.25) is 0 Å². The number of ether oxygens (including phenoxy) is 1. The van der Waals surface area contributed by atoms with Crippen LogP contribution in [-0.4, -0.2) is 54.9 Å². The van der Waals surface area contributed by atoms with Crippen LogP contribution in [0.3, 0.4) is 0 Å². The summed E-state index contributed by atoms with van der Waals surface area (Å²) in [5, 5.41) is 1.30. The second-order valence-corrected chi connectivity index (χ2v) is 6.06. The molecule has 3 rings (SSSR count). The summed E-state index contributed by atoms with van der Waals surface area (Å²) in [6.07, 6.45) is 0. The highest BCUT2D eigenvalue weighted by Gasteiger charge is 2.34. The maximum absolute atomic E-state index is 13.0. The third kappa shape index (κ3) is 2.72. The van der Waals surface area contributed by atoms with Crippen LogP contribution in [0.5, 0.6) is 5.75 Å². The summed E-state index contributed by atoms with van der Waals surface area (Å²) in [6, 6.07) is 6.98. The second kappa shape index (κ2) is 6.72. The van der Waals surface area contributed by atoms with E-state index in [1.54, 1.807) is 18.2 Å². The van der Waals surface area contributed by atoms with Crippen molar-refractivity contribution in [2.75, 3.05) is 39.0 Å². The van der Waals surface area contributed by atoms with Crippen molar-refractivity contribution in [2.45, 2.75) is 13.8 Å². The molecule has 1 heterocycles. The lowest BCUT2D eigenvalue weighted by Crippen LogP contribution is -2.44. The molecule has 0 saturated carbocycles. The van der Waals surface area contributed by atoms with E-state index >= 15 is 0 Å². The molecule has 0 fully saturated rings. The van der Waals surface area contributed by atoms with Crippen LogP contribution in [0.4, 0.5) is 5.69 Å².